The summed E-state index contributed by atoms with van der Waals surface area (Å²) in [6, 6.07) is 0. The second kappa shape index (κ2) is 28.8. The molecule has 236 valence electrons. The van der Waals surface area contributed by atoms with Crippen molar-refractivity contribution in [3.63, 3.8) is 0 Å². The van der Waals surface area contributed by atoms with Crippen LogP contribution in [0.3, 0.4) is 0 Å². The lowest BCUT2D eigenvalue weighted by molar-refractivity contribution is -0.890. The molecular weight excluding hydrogens is 652 g/mol. The zero-order valence-electron chi connectivity index (χ0n) is 25.3. The predicted octanol–water partition coefficient (Wildman–Crippen LogP) is 5.10. The van der Waals surface area contributed by atoms with Crippen LogP contribution in [0.5, 0.6) is 0 Å². The number of alkyl halides is 1. The molecule has 0 aliphatic carbocycles. The first-order valence-electron chi connectivity index (χ1n) is 13.2. The summed E-state index contributed by atoms with van der Waals surface area (Å²) >= 11 is 3.27. The van der Waals surface area contributed by atoms with Crippen molar-refractivity contribution in [2.45, 2.75) is 65.2 Å². The van der Waals surface area contributed by atoms with Crippen LogP contribution in [-0.2, 0) is 28.7 Å². The molecule has 0 saturated carbocycles. The highest BCUT2D eigenvalue weighted by Gasteiger charge is 2.15. The number of ether oxygens (including phenoxy) is 2. The van der Waals surface area contributed by atoms with E-state index in [-0.39, 0.29) is 35.3 Å². The van der Waals surface area contributed by atoms with Crippen molar-refractivity contribution in [3.05, 3.63) is 24.3 Å². The Morgan fingerprint density at radius 2 is 1.18 bits per heavy atom. The van der Waals surface area contributed by atoms with E-state index in [1.807, 2.05) is 19.0 Å². The molecule has 0 aromatic rings. The van der Waals surface area contributed by atoms with Crippen molar-refractivity contribution in [1.82, 2.24) is 4.90 Å². The fraction of sp³-hybridized carbons (Fsp3) is 0.714. The highest BCUT2D eigenvalue weighted by molar-refractivity contribution is 9.09. The lowest BCUT2D eigenvalue weighted by Gasteiger charge is -2.29. The Hall–Kier alpha value is -1.76. The fourth-order valence-corrected chi connectivity index (χ4v) is 3.00. The van der Waals surface area contributed by atoms with Gasteiger partial charge in [0, 0.05) is 35.9 Å². The van der Waals surface area contributed by atoms with E-state index in [4.69, 9.17) is 19.7 Å². The van der Waals surface area contributed by atoms with Crippen molar-refractivity contribution >= 4 is 56.8 Å². The molecule has 0 aliphatic heterocycles. The quantitative estimate of drug-likeness (QED) is 0.0620. The van der Waals surface area contributed by atoms with Crippen LogP contribution in [0.2, 0.25) is 0 Å². The van der Waals surface area contributed by atoms with Gasteiger partial charge in [-0.25, -0.2) is 9.59 Å². The predicted molar refractivity (Wildman–Crippen MR) is 168 cm³/mol. The van der Waals surface area contributed by atoms with E-state index in [9.17, 15) is 19.2 Å². The molecule has 0 bridgehead atoms. The summed E-state index contributed by atoms with van der Waals surface area (Å²) in [5.74, 6) is -2.08. The number of halogens is 2. The average molecular weight is 706 g/mol. The van der Waals surface area contributed by atoms with Crippen LogP contribution in [0.25, 0.3) is 0 Å². The molecule has 0 spiro atoms. The maximum atomic E-state index is 11.2. The summed E-state index contributed by atoms with van der Waals surface area (Å²) in [5.41, 5.74) is 0.864. The summed E-state index contributed by atoms with van der Waals surface area (Å²) in [7, 11) is 8.00. The molecule has 10 nitrogen and oxygen atoms in total. The lowest BCUT2D eigenvalue weighted by atomic mass is 10.2. The van der Waals surface area contributed by atoms with Crippen LogP contribution >= 0.6 is 32.9 Å². The third-order valence-electron chi connectivity index (χ3n) is 5.08. The molecule has 0 radical (unpaired) electrons. The number of hydrogen-bond acceptors (Lipinski definition) is 7. The number of carboxylic acids is 2. The van der Waals surface area contributed by atoms with Gasteiger partial charge in [-0.15, -0.1) is 17.0 Å². The molecule has 0 heterocycles. The van der Waals surface area contributed by atoms with E-state index in [2.05, 4.69) is 43.2 Å². The maximum absolute atomic E-state index is 11.2. The van der Waals surface area contributed by atoms with E-state index in [0.29, 0.717) is 30.8 Å². The number of nitrogens with zero attached hydrogens (tertiary/aromatic N) is 2. The molecule has 0 atom stereocenters. The van der Waals surface area contributed by atoms with Crippen LogP contribution in [0.15, 0.2) is 24.3 Å². The van der Waals surface area contributed by atoms with Gasteiger partial charge in [-0.1, -0.05) is 35.5 Å². The molecule has 0 rings (SSSR count). The van der Waals surface area contributed by atoms with Gasteiger partial charge in [0.25, 0.3) is 0 Å². The normalized spacial score (nSPS) is 10.1. The standard InChI is InChI=1S/C14H25NO4.C8H15NO2.C6H11BrO2.BrH/c1-12(2)14(18)19-11-10-15(3,4)9-7-5-6-8-13(16)17;1-7(2)8(10)11-6-5-9(3)4;7-5-3-1-2-4-6(8)9;/h1,5-11H2,2-4H3;1,5-6H2,2-4H3;1-5H2,(H,8,9);1H/p+1. The van der Waals surface area contributed by atoms with E-state index in [1.54, 1.807) is 13.8 Å². The van der Waals surface area contributed by atoms with Crippen molar-refractivity contribution < 1.29 is 43.3 Å². The molecule has 0 aromatic carbocycles. The SMILES string of the molecule is Br.C=C(C)C(=O)OCCN(C)C.C=C(C)C(=O)OCC[N+](C)(C)CCCCCC(=O)O.O=C(O)CCCCCBr. The summed E-state index contributed by atoms with van der Waals surface area (Å²) in [5, 5.41) is 17.7. The van der Waals surface area contributed by atoms with Gasteiger partial charge in [0.1, 0.15) is 19.8 Å². The topological polar surface area (TPSA) is 130 Å². The van der Waals surface area contributed by atoms with Gasteiger partial charge in [-0.05, 0) is 60.0 Å². The highest BCUT2D eigenvalue weighted by atomic mass is 79.9. The molecule has 40 heavy (non-hydrogen) atoms. The van der Waals surface area contributed by atoms with Gasteiger partial charge in [0.2, 0.25) is 0 Å². The van der Waals surface area contributed by atoms with Crippen LogP contribution in [0.1, 0.15) is 65.2 Å². The first-order chi connectivity index (χ1) is 18.1. The number of likely N-dealkylation sites (N-methyl/N-ethyl adjacent to an activating group) is 2. The Morgan fingerprint density at radius 1 is 0.750 bits per heavy atom. The number of rotatable bonds is 19. The van der Waals surface area contributed by atoms with E-state index in [0.717, 1.165) is 68.0 Å². The molecule has 0 unspecified atom stereocenters. The van der Waals surface area contributed by atoms with Crippen molar-refractivity contribution in [2.24, 2.45) is 0 Å². The van der Waals surface area contributed by atoms with Crippen LogP contribution in [-0.4, -0.2) is 110 Å². The summed E-state index contributed by atoms with van der Waals surface area (Å²) in [6.07, 6.45) is 6.07. The third-order valence-corrected chi connectivity index (χ3v) is 5.64. The number of carbonyl (C=O) groups is 4. The number of esters is 2. The number of hydrogen-bond donors (Lipinski definition) is 2. The van der Waals surface area contributed by atoms with Crippen LogP contribution in [0.4, 0.5) is 0 Å². The maximum Gasteiger partial charge on any atom is 0.333 e. The fourth-order valence-electron chi connectivity index (χ4n) is 2.60. The van der Waals surface area contributed by atoms with Crippen molar-refractivity contribution in [1.29, 1.82) is 0 Å². The third kappa shape index (κ3) is 38.4. The Balaban J connectivity index is -0.000000263. The molecule has 0 fully saturated rings. The average Bonchev–Trinajstić information content (AvgIpc) is 2.81. The lowest BCUT2D eigenvalue weighted by Crippen LogP contribution is -2.43. The van der Waals surface area contributed by atoms with Gasteiger partial charge >= 0.3 is 23.9 Å². The minimum Gasteiger partial charge on any atom is -0.481 e. The number of quaternary nitrogens is 1. The smallest absolute Gasteiger partial charge is 0.333 e. The van der Waals surface area contributed by atoms with Crippen LogP contribution in [0, 0.1) is 0 Å². The molecule has 12 heteroatoms. The molecular formula is C28H53Br2N2O8+. The second-order valence-corrected chi connectivity index (χ2v) is 10.9. The minimum absolute atomic E-state index is 0. The highest BCUT2D eigenvalue weighted by Crippen LogP contribution is 2.06. The van der Waals surface area contributed by atoms with Gasteiger partial charge in [-0.3, -0.25) is 9.59 Å². The Labute approximate surface area is 260 Å². The van der Waals surface area contributed by atoms with E-state index in [1.165, 1.54) is 0 Å². The van der Waals surface area contributed by atoms with Gasteiger partial charge in [0.05, 0.1) is 20.6 Å². The minimum atomic E-state index is -0.736. The van der Waals surface area contributed by atoms with Gasteiger partial charge < -0.3 is 29.1 Å². The largest absolute Gasteiger partial charge is 0.481 e. The first-order valence-corrected chi connectivity index (χ1v) is 14.3. The Kier molecular flexibility index (Phi) is 32.5. The molecule has 0 saturated heterocycles. The monoisotopic (exact) mass is 703 g/mol. The Bertz CT molecular complexity index is 744. The number of carbonyl (C=O) groups excluding carboxylic acids is 2. The summed E-state index contributed by atoms with van der Waals surface area (Å²) in [4.78, 5) is 44.3. The van der Waals surface area contributed by atoms with Crippen molar-refractivity contribution in [3.8, 4) is 0 Å². The molecule has 2 N–H and O–H groups in total. The van der Waals surface area contributed by atoms with E-state index >= 15 is 0 Å². The molecule has 0 aromatic heterocycles. The number of carboxylic acid groups (broad SMARTS) is 2. The number of aliphatic carboxylic acids is 2. The molecule has 0 aliphatic rings. The molecule has 0 amide bonds. The van der Waals surface area contributed by atoms with Gasteiger partial charge in [0.15, 0.2) is 0 Å². The first kappa shape index (κ1) is 45.2. The summed E-state index contributed by atoms with van der Waals surface area (Å²) in [6.45, 7) is 13.5. The zero-order valence-corrected chi connectivity index (χ0v) is 28.6. The second-order valence-electron chi connectivity index (χ2n) is 10.1. The van der Waals surface area contributed by atoms with Gasteiger partial charge in [-0.2, -0.15) is 0 Å². The van der Waals surface area contributed by atoms with Crippen molar-refractivity contribution in [2.75, 3.05) is 66.4 Å². The summed E-state index contributed by atoms with van der Waals surface area (Å²) < 4.78 is 10.7. The zero-order chi connectivity index (χ0) is 30.9. The number of unbranched alkanes of at least 4 members (excludes halogenated alkanes) is 4. The Morgan fingerprint density at radius 3 is 1.55 bits per heavy atom. The van der Waals surface area contributed by atoms with Crippen LogP contribution < -0.4 is 0 Å². The van der Waals surface area contributed by atoms with E-state index < -0.39 is 11.9 Å².